The van der Waals surface area contributed by atoms with Gasteiger partial charge in [-0.1, -0.05) is 60.7 Å². The van der Waals surface area contributed by atoms with Crippen molar-refractivity contribution in [2.75, 3.05) is 27.7 Å². The van der Waals surface area contributed by atoms with Crippen LogP contribution in [0, 0.1) is 5.92 Å². The van der Waals surface area contributed by atoms with Crippen molar-refractivity contribution in [2.45, 2.75) is 42.3 Å². The third-order valence-electron chi connectivity index (χ3n) is 7.18. The molecule has 1 fully saturated rings. The summed E-state index contributed by atoms with van der Waals surface area (Å²) in [6.07, 6.45) is 1.56. The molecule has 37 heavy (non-hydrogen) atoms. The first-order valence-corrected chi connectivity index (χ1v) is 13.8. The second kappa shape index (κ2) is 12.4. The molecule has 0 heterocycles. The van der Waals surface area contributed by atoms with E-state index in [1.165, 1.54) is 0 Å². The predicted molar refractivity (Wildman–Crippen MR) is 149 cm³/mol. The zero-order valence-electron chi connectivity index (χ0n) is 21.7. The molecule has 0 aromatic heterocycles. The fourth-order valence-electron chi connectivity index (χ4n) is 5.33. The first-order valence-electron chi connectivity index (χ1n) is 12.4. The van der Waals surface area contributed by atoms with Gasteiger partial charge in [0.05, 0.1) is 17.6 Å². The summed E-state index contributed by atoms with van der Waals surface area (Å²) < 4.78 is 34.9. The van der Waals surface area contributed by atoms with Crippen LogP contribution >= 0.6 is 12.4 Å². The van der Waals surface area contributed by atoms with Gasteiger partial charge in [0, 0.05) is 25.0 Å². The number of ether oxygens (including phenoxy) is 1. The number of rotatable bonds is 9. The quantitative estimate of drug-likeness (QED) is 0.414. The first kappa shape index (κ1) is 29.1. The van der Waals surface area contributed by atoms with Crippen molar-refractivity contribution in [3.05, 3.63) is 96.1 Å². The molecule has 1 saturated carbocycles. The lowest BCUT2D eigenvalue weighted by molar-refractivity contribution is -0.0763. The van der Waals surface area contributed by atoms with Gasteiger partial charge in [-0.05, 0) is 68.8 Å². The van der Waals surface area contributed by atoms with Crippen molar-refractivity contribution < 1.29 is 18.3 Å². The van der Waals surface area contributed by atoms with E-state index >= 15 is 0 Å². The van der Waals surface area contributed by atoms with Gasteiger partial charge in [-0.2, -0.15) is 4.31 Å². The van der Waals surface area contributed by atoms with Crippen molar-refractivity contribution >= 4 is 22.4 Å². The Bertz CT molecular complexity index is 1240. The summed E-state index contributed by atoms with van der Waals surface area (Å²) in [6, 6.07) is 25.7. The summed E-state index contributed by atoms with van der Waals surface area (Å²) in [5.74, 6) is 0.534. The van der Waals surface area contributed by atoms with Crippen LogP contribution in [0.5, 0.6) is 5.75 Å². The first-order chi connectivity index (χ1) is 17.2. The Labute approximate surface area is 227 Å². The summed E-state index contributed by atoms with van der Waals surface area (Å²) in [5, 5.41) is 12.0. The molecular formula is C29H37ClN2O4S. The van der Waals surface area contributed by atoms with Gasteiger partial charge in [0.1, 0.15) is 5.75 Å². The summed E-state index contributed by atoms with van der Waals surface area (Å²) in [6.45, 7) is 0.920. The molecule has 0 amide bonds. The van der Waals surface area contributed by atoms with Crippen LogP contribution in [-0.4, -0.2) is 56.5 Å². The monoisotopic (exact) mass is 544 g/mol. The third kappa shape index (κ3) is 6.54. The number of hydrogen-bond acceptors (Lipinski definition) is 5. The molecule has 0 saturated heterocycles. The van der Waals surface area contributed by atoms with Gasteiger partial charge < -0.3 is 14.7 Å². The molecule has 3 atom stereocenters. The molecule has 4 rings (SSSR count). The highest BCUT2D eigenvalue weighted by Crippen LogP contribution is 2.45. The fourth-order valence-corrected chi connectivity index (χ4v) is 7.01. The van der Waals surface area contributed by atoms with Crippen LogP contribution < -0.4 is 4.74 Å². The number of methoxy groups -OCH3 is 1. The van der Waals surface area contributed by atoms with E-state index in [0.29, 0.717) is 36.5 Å². The smallest absolute Gasteiger partial charge is 0.243 e. The number of sulfonamides is 1. The van der Waals surface area contributed by atoms with Gasteiger partial charge >= 0.3 is 0 Å². The Morgan fingerprint density at radius 1 is 0.973 bits per heavy atom. The second-order valence-electron chi connectivity index (χ2n) is 9.89. The highest BCUT2D eigenvalue weighted by atomic mass is 35.5. The Hall–Kier alpha value is -2.42. The lowest BCUT2D eigenvalue weighted by Gasteiger charge is -2.47. The van der Waals surface area contributed by atoms with Gasteiger partial charge in [0.2, 0.25) is 10.0 Å². The molecule has 3 unspecified atom stereocenters. The van der Waals surface area contributed by atoms with Crippen LogP contribution in [0.15, 0.2) is 89.8 Å². The van der Waals surface area contributed by atoms with Crippen LogP contribution in [0.1, 0.15) is 30.4 Å². The zero-order chi connectivity index (χ0) is 25.8. The average molecular weight is 545 g/mol. The average Bonchev–Trinajstić information content (AvgIpc) is 2.89. The van der Waals surface area contributed by atoms with E-state index in [2.05, 4.69) is 4.90 Å². The Balaban J connectivity index is 0.00000380. The van der Waals surface area contributed by atoms with E-state index in [0.717, 1.165) is 11.1 Å². The van der Waals surface area contributed by atoms with E-state index in [4.69, 9.17) is 4.74 Å². The van der Waals surface area contributed by atoms with Gasteiger partial charge in [0.15, 0.2) is 0 Å². The van der Waals surface area contributed by atoms with E-state index in [-0.39, 0.29) is 30.9 Å². The van der Waals surface area contributed by atoms with Gasteiger partial charge in [-0.15, -0.1) is 12.4 Å². The van der Waals surface area contributed by atoms with Crippen molar-refractivity contribution in [1.29, 1.82) is 0 Å². The van der Waals surface area contributed by atoms with Crippen molar-refractivity contribution in [1.82, 2.24) is 9.21 Å². The fraction of sp³-hybridized carbons (Fsp3) is 0.379. The normalized spacial score (nSPS) is 22.0. The van der Waals surface area contributed by atoms with E-state index in [1.54, 1.807) is 35.7 Å². The van der Waals surface area contributed by atoms with Crippen LogP contribution in [-0.2, 0) is 22.2 Å². The molecule has 200 valence electrons. The molecule has 1 aliphatic rings. The van der Waals surface area contributed by atoms with Crippen molar-refractivity contribution in [3.8, 4) is 5.75 Å². The zero-order valence-corrected chi connectivity index (χ0v) is 23.3. The summed E-state index contributed by atoms with van der Waals surface area (Å²) >= 11 is 0. The van der Waals surface area contributed by atoms with Crippen LogP contribution in [0.2, 0.25) is 0 Å². The summed E-state index contributed by atoms with van der Waals surface area (Å²) in [4.78, 5) is 2.35. The lowest BCUT2D eigenvalue weighted by Crippen LogP contribution is -2.51. The highest BCUT2D eigenvalue weighted by Gasteiger charge is 2.46. The highest BCUT2D eigenvalue weighted by molar-refractivity contribution is 7.89. The third-order valence-corrected chi connectivity index (χ3v) is 9.10. The van der Waals surface area contributed by atoms with Crippen LogP contribution in [0.25, 0.3) is 0 Å². The molecule has 0 radical (unpaired) electrons. The molecule has 3 aromatic rings. The van der Waals surface area contributed by atoms with Crippen molar-refractivity contribution in [2.24, 2.45) is 5.92 Å². The molecule has 0 aliphatic heterocycles. The molecule has 1 aliphatic carbocycles. The molecule has 6 nitrogen and oxygen atoms in total. The largest absolute Gasteiger partial charge is 0.497 e. The molecule has 0 bridgehead atoms. The number of hydrogen-bond donors (Lipinski definition) is 1. The van der Waals surface area contributed by atoms with Crippen LogP contribution in [0.4, 0.5) is 0 Å². The molecule has 0 spiro atoms. The topological polar surface area (TPSA) is 70.1 Å². The second-order valence-corrected chi connectivity index (χ2v) is 11.8. The van der Waals surface area contributed by atoms with E-state index in [1.807, 2.05) is 74.8 Å². The van der Waals surface area contributed by atoms with E-state index in [9.17, 15) is 13.5 Å². The van der Waals surface area contributed by atoms with Crippen LogP contribution in [0.3, 0.4) is 0 Å². The Kier molecular flexibility index (Phi) is 9.78. The van der Waals surface area contributed by atoms with Crippen molar-refractivity contribution in [3.63, 3.8) is 0 Å². The SMILES string of the molecule is COc1cccc(C2(O)CCC(N(Cc3ccccc3)S(=O)(=O)c3ccccc3)CC2CN(C)C)c1.Cl. The van der Waals surface area contributed by atoms with Gasteiger partial charge in [-0.25, -0.2) is 8.42 Å². The molecule has 8 heteroatoms. The lowest BCUT2D eigenvalue weighted by atomic mass is 9.69. The number of halogens is 1. The minimum Gasteiger partial charge on any atom is -0.497 e. The van der Waals surface area contributed by atoms with Gasteiger partial charge in [0.25, 0.3) is 0 Å². The maximum atomic E-state index is 13.9. The molecule has 1 N–H and O–H groups in total. The maximum absolute atomic E-state index is 13.9. The summed E-state index contributed by atoms with van der Waals surface area (Å²) in [7, 11) is 1.84. The summed E-state index contributed by atoms with van der Waals surface area (Å²) in [5.41, 5.74) is 0.673. The molecule has 3 aromatic carbocycles. The minimum atomic E-state index is -3.75. The number of aliphatic hydroxyl groups is 1. The Morgan fingerprint density at radius 2 is 1.62 bits per heavy atom. The number of nitrogens with zero attached hydrogens (tertiary/aromatic N) is 2. The number of benzene rings is 3. The standard InChI is InChI=1S/C29H36N2O4S.ClH/c1-30(2)22-25-19-26(17-18-29(25,32)24-13-10-14-27(20-24)35-3)31(21-23-11-6-4-7-12-23)36(33,34)28-15-8-5-9-16-28;/h4-16,20,25-26,32H,17-19,21-22H2,1-3H3;1H. The molecular weight excluding hydrogens is 508 g/mol. The maximum Gasteiger partial charge on any atom is 0.243 e. The minimum absolute atomic E-state index is 0. The Morgan fingerprint density at radius 3 is 2.24 bits per heavy atom. The van der Waals surface area contributed by atoms with Gasteiger partial charge in [-0.3, -0.25) is 0 Å². The van der Waals surface area contributed by atoms with E-state index < -0.39 is 15.6 Å². The predicted octanol–water partition coefficient (Wildman–Crippen LogP) is 4.93.